The number of anilines is 1. The molecule has 0 saturated carbocycles. The SMILES string of the molecule is COCCn1ccnc1NCC(C)CSC. The van der Waals surface area contributed by atoms with Crippen LogP contribution in [-0.4, -0.2) is 41.8 Å². The molecule has 0 aliphatic heterocycles. The molecule has 92 valence electrons. The third-order valence-corrected chi connectivity index (χ3v) is 3.21. The molecule has 0 fully saturated rings. The molecule has 1 heterocycles. The number of nitrogens with one attached hydrogen (secondary N) is 1. The molecule has 1 unspecified atom stereocenters. The first kappa shape index (κ1) is 13.4. The lowest BCUT2D eigenvalue weighted by Gasteiger charge is -2.13. The van der Waals surface area contributed by atoms with E-state index in [1.807, 2.05) is 24.2 Å². The van der Waals surface area contributed by atoms with Crippen molar-refractivity contribution in [3.8, 4) is 0 Å². The van der Waals surface area contributed by atoms with E-state index in [2.05, 4.69) is 28.0 Å². The molecule has 1 aromatic rings. The molecule has 0 spiro atoms. The third kappa shape index (κ3) is 4.45. The number of rotatable bonds is 8. The van der Waals surface area contributed by atoms with Gasteiger partial charge in [0.05, 0.1) is 6.61 Å². The van der Waals surface area contributed by atoms with Gasteiger partial charge in [0.25, 0.3) is 0 Å². The first-order chi connectivity index (χ1) is 7.77. The van der Waals surface area contributed by atoms with Crippen LogP contribution in [-0.2, 0) is 11.3 Å². The molecule has 5 heteroatoms. The summed E-state index contributed by atoms with van der Waals surface area (Å²) in [6, 6.07) is 0. The average molecular weight is 243 g/mol. The number of hydrogen-bond acceptors (Lipinski definition) is 4. The Bertz CT molecular complexity index is 291. The predicted molar refractivity (Wildman–Crippen MR) is 70.1 cm³/mol. The van der Waals surface area contributed by atoms with Crippen LogP contribution in [0.2, 0.25) is 0 Å². The normalized spacial score (nSPS) is 12.7. The van der Waals surface area contributed by atoms with Crippen molar-refractivity contribution in [2.75, 3.05) is 37.6 Å². The second-order valence-corrected chi connectivity index (χ2v) is 4.79. The number of ether oxygens (including phenoxy) is 1. The zero-order valence-corrected chi connectivity index (χ0v) is 11.1. The summed E-state index contributed by atoms with van der Waals surface area (Å²) < 4.78 is 7.13. The van der Waals surface area contributed by atoms with Gasteiger partial charge in [-0.05, 0) is 17.9 Å². The van der Waals surface area contributed by atoms with Gasteiger partial charge in [0.15, 0.2) is 0 Å². The lowest BCUT2D eigenvalue weighted by molar-refractivity contribution is 0.187. The lowest BCUT2D eigenvalue weighted by Crippen LogP contribution is -2.17. The van der Waals surface area contributed by atoms with Gasteiger partial charge in [-0.1, -0.05) is 6.92 Å². The maximum atomic E-state index is 5.05. The largest absolute Gasteiger partial charge is 0.383 e. The van der Waals surface area contributed by atoms with Gasteiger partial charge in [-0.25, -0.2) is 4.98 Å². The number of thioether (sulfide) groups is 1. The number of nitrogens with zero attached hydrogens (tertiary/aromatic N) is 2. The Morgan fingerprint density at radius 2 is 2.44 bits per heavy atom. The molecule has 0 amide bonds. The minimum absolute atomic E-state index is 0.655. The van der Waals surface area contributed by atoms with Crippen molar-refractivity contribution in [2.45, 2.75) is 13.5 Å². The molecule has 0 bridgehead atoms. The standard InChI is InChI=1S/C11H21N3OS/c1-10(9-16-3)8-13-11-12-4-5-14(11)6-7-15-2/h4-5,10H,6-9H2,1-3H3,(H,12,13). The second-order valence-electron chi connectivity index (χ2n) is 3.88. The van der Waals surface area contributed by atoms with Crippen molar-refractivity contribution in [3.05, 3.63) is 12.4 Å². The summed E-state index contributed by atoms with van der Waals surface area (Å²) in [4.78, 5) is 4.29. The minimum Gasteiger partial charge on any atom is -0.383 e. The van der Waals surface area contributed by atoms with E-state index >= 15 is 0 Å². The van der Waals surface area contributed by atoms with E-state index < -0.39 is 0 Å². The molecule has 1 atom stereocenters. The monoisotopic (exact) mass is 243 g/mol. The number of imidazole rings is 1. The van der Waals surface area contributed by atoms with Crippen LogP contribution in [0.15, 0.2) is 12.4 Å². The molecule has 0 aliphatic rings. The van der Waals surface area contributed by atoms with E-state index in [9.17, 15) is 0 Å². The van der Waals surface area contributed by atoms with Gasteiger partial charge in [0, 0.05) is 32.6 Å². The zero-order valence-electron chi connectivity index (χ0n) is 10.3. The molecule has 4 nitrogen and oxygen atoms in total. The second kappa shape index (κ2) is 7.57. The maximum absolute atomic E-state index is 5.05. The van der Waals surface area contributed by atoms with Gasteiger partial charge >= 0.3 is 0 Å². The van der Waals surface area contributed by atoms with Gasteiger partial charge in [-0.3, -0.25) is 0 Å². The Hall–Kier alpha value is -0.680. The zero-order chi connectivity index (χ0) is 11.8. The van der Waals surface area contributed by atoms with E-state index in [1.54, 1.807) is 7.11 Å². The van der Waals surface area contributed by atoms with Gasteiger partial charge in [-0.2, -0.15) is 11.8 Å². The van der Waals surface area contributed by atoms with Crippen molar-refractivity contribution >= 4 is 17.7 Å². The average Bonchev–Trinajstić information content (AvgIpc) is 2.71. The van der Waals surface area contributed by atoms with Crippen molar-refractivity contribution < 1.29 is 4.74 Å². The van der Waals surface area contributed by atoms with Crippen molar-refractivity contribution in [3.63, 3.8) is 0 Å². The fourth-order valence-corrected chi connectivity index (χ4v) is 2.14. The van der Waals surface area contributed by atoms with Crippen LogP contribution < -0.4 is 5.32 Å². The minimum atomic E-state index is 0.655. The van der Waals surface area contributed by atoms with Crippen LogP contribution in [0.4, 0.5) is 5.95 Å². The Balaban J connectivity index is 2.37. The van der Waals surface area contributed by atoms with Gasteiger partial charge < -0.3 is 14.6 Å². The van der Waals surface area contributed by atoms with E-state index in [0.29, 0.717) is 12.5 Å². The van der Waals surface area contributed by atoms with Gasteiger partial charge in [0.2, 0.25) is 5.95 Å². The molecule has 1 aromatic heterocycles. The molecule has 0 aliphatic carbocycles. The highest BCUT2D eigenvalue weighted by Crippen LogP contribution is 2.08. The van der Waals surface area contributed by atoms with Crippen LogP contribution in [0, 0.1) is 5.92 Å². The van der Waals surface area contributed by atoms with Gasteiger partial charge in [0.1, 0.15) is 0 Å². The Morgan fingerprint density at radius 3 is 3.12 bits per heavy atom. The van der Waals surface area contributed by atoms with Crippen LogP contribution in [0.1, 0.15) is 6.92 Å². The van der Waals surface area contributed by atoms with Crippen LogP contribution in [0.25, 0.3) is 0 Å². The van der Waals surface area contributed by atoms with Crippen LogP contribution in [0.5, 0.6) is 0 Å². The fraction of sp³-hybridized carbons (Fsp3) is 0.727. The number of methoxy groups -OCH3 is 1. The quantitative estimate of drug-likeness (QED) is 0.757. The maximum Gasteiger partial charge on any atom is 0.202 e. The first-order valence-electron chi connectivity index (χ1n) is 5.50. The van der Waals surface area contributed by atoms with Crippen LogP contribution in [0.3, 0.4) is 0 Å². The fourth-order valence-electron chi connectivity index (χ4n) is 1.46. The third-order valence-electron chi connectivity index (χ3n) is 2.31. The Morgan fingerprint density at radius 1 is 1.62 bits per heavy atom. The highest BCUT2D eigenvalue weighted by Gasteiger charge is 2.04. The van der Waals surface area contributed by atoms with E-state index in [4.69, 9.17) is 4.74 Å². The predicted octanol–water partition coefficient (Wildman–Crippen LogP) is 1.94. The van der Waals surface area contributed by atoms with E-state index in [-0.39, 0.29) is 0 Å². The number of aromatic nitrogens is 2. The van der Waals surface area contributed by atoms with E-state index in [0.717, 1.165) is 19.0 Å². The first-order valence-corrected chi connectivity index (χ1v) is 6.90. The van der Waals surface area contributed by atoms with Crippen molar-refractivity contribution in [1.29, 1.82) is 0 Å². The summed E-state index contributed by atoms with van der Waals surface area (Å²) in [6.45, 7) is 4.76. The Kier molecular flexibility index (Phi) is 6.33. The molecule has 0 saturated heterocycles. The topological polar surface area (TPSA) is 39.1 Å². The van der Waals surface area contributed by atoms with E-state index in [1.165, 1.54) is 5.75 Å². The summed E-state index contributed by atoms with van der Waals surface area (Å²) in [5.74, 6) is 2.76. The molecule has 1 N–H and O–H groups in total. The summed E-state index contributed by atoms with van der Waals surface area (Å²) in [5, 5.41) is 3.37. The molecule has 1 rings (SSSR count). The summed E-state index contributed by atoms with van der Waals surface area (Å²) >= 11 is 1.88. The molecule has 16 heavy (non-hydrogen) atoms. The Labute approximate surface area is 102 Å². The summed E-state index contributed by atoms with van der Waals surface area (Å²) in [6.07, 6.45) is 5.92. The lowest BCUT2D eigenvalue weighted by atomic mass is 10.2. The highest BCUT2D eigenvalue weighted by molar-refractivity contribution is 7.98. The highest BCUT2D eigenvalue weighted by atomic mass is 32.2. The molecule has 0 aromatic carbocycles. The van der Waals surface area contributed by atoms with Crippen LogP contribution >= 0.6 is 11.8 Å². The number of hydrogen-bond donors (Lipinski definition) is 1. The summed E-state index contributed by atoms with van der Waals surface area (Å²) in [5.41, 5.74) is 0. The molecular formula is C11H21N3OS. The molecular weight excluding hydrogens is 222 g/mol. The van der Waals surface area contributed by atoms with Crippen molar-refractivity contribution in [2.24, 2.45) is 5.92 Å². The van der Waals surface area contributed by atoms with Crippen molar-refractivity contribution in [1.82, 2.24) is 9.55 Å². The van der Waals surface area contributed by atoms with Gasteiger partial charge in [-0.15, -0.1) is 0 Å². The summed E-state index contributed by atoms with van der Waals surface area (Å²) in [7, 11) is 1.71. The molecule has 0 radical (unpaired) electrons. The smallest absolute Gasteiger partial charge is 0.202 e.